The summed E-state index contributed by atoms with van der Waals surface area (Å²) in [5, 5.41) is 7.52. The van der Waals surface area contributed by atoms with Crippen molar-refractivity contribution in [2.75, 3.05) is 19.0 Å². The van der Waals surface area contributed by atoms with Gasteiger partial charge < -0.3 is 14.8 Å². The van der Waals surface area contributed by atoms with Gasteiger partial charge in [0.05, 0.1) is 35.5 Å². The van der Waals surface area contributed by atoms with Crippen molar-refractivity contribution in [3.05, 3.63) is 77.5 Å². The summed E-state index contributed by atoms with van der Waals surface area (Å²) in [7, 11) is 1.28. The number of carbonyl (C=O) groups excluding carboxylic acids is 3. The molecule has 4 aromatic rings. The van der Waals surface area contributed by atoms with Gasteiger partial charge in [0, 0.05) is 17.8 Å². The van der Waals surface area contributed by atoms with E-state index in [9.17, 15) is 14.4 Å². The summed E-state index contributed by atoms with van der Waals surface area (Å²) in [6.45, 7) is 3.79. The topological polar surface area (TPSA) is 112 Å². The highest BCUT2D eigenvalue weighted by Crippen LogP contribution is 2.25. The van der Waals surface area contributed by atoms with Crippen molar-refractivity contribution >= 4 is 34.6 Å². The molecule has 0 saturated carbocycles. The highest BCUT2D eigenvalue weighted by molar-refractivity contribution is 6.05. The molecule has 1 N–H and O–H groups in total. The molecule has 9 nitrogen and oxygen atoms in total. The minimum Gasteiger partial charge on any atom is -0.465 e. The Morgan fingerprint density at radius 2 is 1.80 bits per heavy atom. The molecule has 0 aliphatic rings. The predicted molar refractivity (Wildman–Crippen MR) is 130 cm³/mol. The Morgan fingerprint density at radius 3 is 2.51 bits per heavy atom. The van der Waals surface area contributed by atoms with Crippen LogP contribution in [0.25, 0.3) is 22.3 Å². The molecule has 0 atom stereocenters. The van der Waals surface area contributed by atoms with Crippen LogP contribution in [0.4, 0.5) is 5.69 Å². The summed E-state index contributed by atoms with van der Waals surface area (Å²) < 4.78 is 11.7. The van der Waals surface area contributed by atoms with Gasteiger partial charge in [-0.25, -0.2) is 19.3 Å². The van der Waals surface area contributed by atoms with Gasteiger partial charge in [-0.1, -0.05) is 36.4 Å². The summed E-state index contributed by atoms with van der Waals surface area (Å²) in [4.78, 5) is 42.0. The average molecular weight is 473 g/mol. The second-order valence-electron chi connectivity index (χ2n) is 7.76. The van der Waals surface area contributed by atoms with Crippen molar-refractivity contribution < 1.29 is 23.9 Å². The maximum atomic E-state index is 13.0. The first-order chi connectivity index (χ1) is 16.9. The number of ether oxygens (including phenoxy) is 2. The Hall–Kier alpha value is -4.53. The fraction of sp³-hybridized carbons (Fsp3) is 0.192. The molecule has 2 heterocycles. The number of hydrogen-bond donors (Lipinski definition) is 1. The van der Waals surface area contributed by atoms with Crippen LogP contribution in [0.15, 0.2) is 60.8 Å². The molecule has 0 aliphatic carbocycles. The van der Waals surface area contributed by atoms with E-state index in [2.05, 4.69) is 15.4 Å². The lowest BCUT2D eigenvalue weighted by Gasteiger charge is -2.11. The van der Waals surface area contributed by atoms with Gasteiger partial charge in [0.25, 0.3) is 5.91 Å². The number of carbonyl (C=O) groups is 3. The molecule has 0 radical (unpaired) electrons. The van der Waals surface area contributed by atoms with Crippen molar-refractivity contribution in [3.63, 3.8) is 0 Å². The van der Waals surface area contributed by atoms with Crippen LogP contribution in [0.2, 0.25) is 0 Å². The molecule has 1 amide bonds. The number of benzene rings is 2. The van der Waals surface area contributed by atoms with Gasteiger partial charge >= 0.3 is 11.9 Å². The van der Waals surface area contributed by atoms with Crippen LogP contribution in [0.1, 0.15) is 33.2 Å². The van der Waals surface area contributed by atoms with Crippen molar-refractivity contribution in [1.82, 2.24) is 14.8 Å². The predicted octanol–water partition coefficient (Wildman–Crippen LogP) is 4.01. The highest BCUT2D eigenvalue weighted by atomic mass is 16.5. The SMILES string of the molecule is CCn1ncc2c(C(=O)OCC(=O)Nc3cc(C(=O)OC)ccc3C)cc(-c3ccccc3)nc21. The molecule has 2 aromatic heterocycles. The van der Waals surface area contributed by atoms with Crippen molar-refractivity contribution in [3.8, 4) is 11.3 Å². The molecule has 0 saturated heterocycles. The van der Waals surface area contributed by atoms with Crippen LogP contribution in [0.5, 0.6) is 0 Å². The minimum atomic E-state index is -0.666. The smallest absolute Gasteiger partial charge is 0.339 e. The molecule has 178 valence electrons. The molecule has 9 heteroatoms. The van der Waals surface area contributed by atoms with Crippen LogP contribution in [0.3, 0.4) is 0 Å². The lowest BCUT2D eigenvalue weighted by atomic mass is 10.1. The van der Waals surface area contributed by atoms with E-state index in [-0.39, 0.29) is 5.56 Å². The lowest BCUT2D eigenvalue weighted by molar-refractivity contribution is -0.119. The minimum absolute atomic E-state index is 0.269. The first kappa shape index (κ1) is 23.6. The zero-order chi connectivity index (χ0) is 24.9. The van der Waals surface area contributed by atoms with Crippen LogP contribution in [-0.4, -0.2) is 46.3 Å². The van der Waals surface area contributed by atoms with Crippen LogP contribution >= 0.6 is 0 Å². The third-order valence-corrected chi connectivity index (χ3v) is 5.47. The molecule has 0 spiro atoms. The van der Waals surface area contributed by atoms with Crippen molar-refractivity contribution in [2.24, 2.45) is 0 Å². The number of nitrogens with zero attached hydrogens (tertiary/aromatic N) is 3. The van der Waals surface area contributed by atoms with Gasteiger partial charge in [-0.3, -0.25) is 4.79 Å². The maximum absolute atomic E-state index is 13.0. The van der Waals surface area contributed by atoms with Crippen molar-refractivity contribution in [2.45, 2.75) is 20.4 Å². The number of rotatable bonds is 7. The molecule has 35 heavy (non-hydrogen) atoms. The monoisotopic (exact) mass is 472 g/mol. The summed E-state index contributed by atoms with van der Waals surface area (Å²) >= 11 is 0. The van der Waals surface area contributed by atoms with Gasteiger partial charge in [-0.05, 0) is 37.6 Å². The van der Waals surface area contributed by atoms with E-state index >= 15 is 0 Å². The van der Waals surface area contributed by atoms with Gasteiger partial charge in [-0.15, -0.1) is 0 Å². The number of aryl methyl sites for hydroxylation is 2. The fourth-order valence-electron chi connectivity index (χ4n) is 3.60. The largest absolute Gasteiger partial charge is 0.465 e. The third-order valence-electron chi connectivity index (χ3n) is 5.47. The molecule has 2 aromatic carbocycles. The number of hydrogen-bond acceptors (Lipinski definition) is 7. The van der Waals surface area contributed by atoms with Crippen LogP contribution in [0, 0.1) is 6.92 Å². The van der Waals surface area contributed by atoms with E-state index in [1.54, 1.807) is 36.0 Å². The van der Waals surface area contributed by atoms with Gasteiger partial charge in [0.2, 0.25) is 0 Å². The second-order valence-corrected chi connectivity index (χ2v) is 7.76. The number of esters is 2. The van der Waals surface area contributed by atoms with E-state index in [1.165, 1.54) is 13.2 Å². The Kier molecular flexibility index (Phi) is 6.86. The second kappa shape index (κ2) is 10.2. The average Bonchev–Trinajstić information content (AvgIpc) is 3.31. The van der Waals surface area contributed by atoms with E-state index in [0.29, 0.717) is 34.5 Å². The molecular formula is C26H24N4O5. The number of amides is 1. The van der Waals surface area contributed by atoms with Gasteiger partial charge in [0.1, 0.15) is 0 Å². The highest BCUT2D eigenvalue weighted by Gasteiger charge is 2.20. The van der Waals surface area contributed by atoms with E-state index in [0.717, 1.165) is 11.1 Å². The molecular weight excluding hydrogens is 448 g/mol. The molecule has 0 bridgehead atoms. The van der Waals surface area contributed by atoms with Crippen LogP contribution < -0.4 is 5.32 Å². The van der Waals surface area contributed by atoms with Crippen molar-refractivity contribution in [1.29, 1.82) is 0 Å². The zero-order valence-corrected chi connectivity index (χ0v) is 19.6. The fourth-order valence-corrected chi connectivity index (χ4v) is 3.60. The van der Waals surface area contributed by atoms with E-state index < -0.39 is 24.5 Å². The lowest BCUT2D eigenvalue weighted by Crippen LogP contribution is -2.21. The summed E-state index contributed by atoms with van der Waals surface area (Å²) in [5.41, 5.74) is 3.73. The molecule has 4 rings (SSSR count). The zero-order valence-electron chi connectivity index (χ0n) is 19.6. The first-order valence-corrected chi connectivity index (χ1v) is 11.0. The number of methoxy groups -OCH3 is 1. The van der Waals surface area contributed by atoms with E-state index in [4.69, 9.17) is 9.47 Å². The van der Waals surface area contributed by atoms with Gasteiger partial charge in [-0.2, -0.15) is 5.10 Å². The Bertz CT molecular complexity index is 1410. The number of nitrogens with one attached hydrogen (secondary N) is 1. The quantitative estimate of drug-likeness (QED) is 0.405. The first-order valence-electron chi connectivity index (χ1n) is 11.0. The Morgan fingerprint density at radius 1 is 1.03 bits per heavy atom. The molecule has 0 unspecified atom stereocenters. The number of aromatic nitrogens is 3. The standard InChI is InChI=1S/C26H24N4O5/c1-4-30-24-20(14-27-30)19(13-22(29-24)17-8-6-5-7-9-17)26(33)35-15-23(31)28-21-12-18(25(32)34-3)11-10-16(21)2/h5-14H,4,15H2,1-3H3,(H,28,31). The summed E-state index contributed by atoms with van der Waals surface area (Å²) in [6.07, 6.45) is 1.57. The third kappa shape index (κ3) is 5.03. The van der Waals surface area contributed by atoms with E-state index in [1.807, 2.05) is 37.3 Å². The Balaban J connectivity index is 1.55. The van der Waals surface area contributed by atoms with Gasteiger partial charge in [0.15, 0.2) is 12.3 Å². The normalized spacial score (nSPS) is 10.7. The Labute approximate surface area is 201 Å². The number of fused-ring (bicyclic) bond motifs is 1. The summed E-state index contributed by atoms with van der Waals surface area (Å²) in [6, 6.07) is 15.9. The van der Waals surface area contributed by atoms with Crippen LogP contribution in [-0.2, 0) is 20.8 Å². The number of anilines is 1. The molecule has 0 aliphatic heterocycles. The summed E-state index contributed by atoms with van der Waals surface area (Å²) in [5.74, 6) is -1.72. The maximum Gasteiger partial charge on any atom is 0.339 e. The molecule has 0 fully saturated rings. The number of pyridine rings is 1.